The van der Waals surface area contributed by atoms with Crippen molar-refractivity contribution in [2.45, 2.75) is 80.1 Å². The molecule has 0 aliphatic heterocycles. The van der Waals surface area contributed by atoms with E-state index in [1.165, 1.54) is 0 Å². The largest absolute Gasteiger partial charge is 0.444 e. The number of ether oxygens (including phenoxy) is 1. The van der Waals surface area contributed by atoms with Crippen LogP contribution in [0.15, 0.2) is 48.5 Å². The Morgan fingerprint density at radius 2 is 1.20 bits per heavy atom. The fourth-order valence-corrected chi connectivity index (χ4v) is 5.65. The number of hydrogen-bond donors (Lipinski definition) is 2. The molecular weight excluding hydrogens is 607 g/mol. The number of benzene rings is 2. The zero-order valence-corrected chi connectivity index (χ0v) is 29.3. The van der Waals surface area contributed by atoms with Crippen molar-refractivity contribution in [1.82, 2.24) is 29.7 Å². The predicted octanol–water partition coefficient (Wildman–Crippen LogP) is 9.31. The number of nitrogens with one attached hydrogen (secondary N) is 2. The molecule has 242 valence electrons. The smallest absolute Gasteiger partial charge is 0.410 e. The molecule has 0 saturated heterocycles. The Kier molecular flexibility index (Phi) is 11.1. The molecule has 4 aromatic rings. The molecule has 0 spiro atoms. The second-order valence-corrected chi connectivity index (χ2v) is 14.3. The van der Waals surface area contributed by atoms with Gasteiger partial charge in [0.1, 0.15) is 38.9 Å². The van der Waals surface area contributed by atoms with E-state index in [2.05, 4.69) is 61.7 Å². The molecule has 1 unspecified atom stereocenters. The number of H-pyrrole nitrogens is 2. The van der Waals surface area contributed by atoms with Gasteiger partial charge in [-0.3, -0.25) is 9.80 Å². The third-order valence-electron chi connectivity index (χ3n) is 7.57. The van der Waals surface area contributed by atoms with Crippen LogP contribution in [-0.4, -0.2) is 61.1 Å². The first kappa shape index (κ1) is 34.5. The van der Waals surface area contributed by atoms with Crippen LogP contribution in [0.2, 0.25) is 10.3 Å². The first-order valence-corrected chi connectivity index (χ1v) is 16.2. The minimum atomic E-state index is -0.597. The molecule has 10 heteroatoms. The second kappa shape index (κ2) is 14.4. The standard InChI is InChI=1S/C35H46Cl2N6O2/c1-21(2)18-42(9)19-28-38-30(32(36)40-28)26-14-10-24(11-15-26)25-12-16-27(17-13-25)31-33(37)41-29(39-31)20-43(23(5)22(3)4)34(44)45-35(6,7)8/h10-17,21-23H,18-20H2,1-9H3,(H,38,40)(H,39,41). The van der Waals surface area contributed by atoms with E-state index in [1.807, 2.05) is 64.1 Å². The molecular formula is C35H46Cl2N6O2. The van der Waals surface area contributed by atoms with Crippen molar-refractivity contribution < 1.29 is 9.53 Å². The van der Waals surface area contributed by atoms with E-state index in [1.54, 1.807) is 4.90 Å². The number of aromatic nitrogens is 4. The van der Waals surface area contributed by atoms with E-state index in [0.29, 0.717) is 34.3 Å². The van der Waals surface area contributed by atoms with Crippen molar-refractivity contribution in [1.29, 1.82) is 0 Å². The molecule has 1 amide bonds. The van der Waals surface area contributed by atoms with Gasteiger partial charge >= 0.3 is 6.09 Å². The molecule has 4 rings (SSSR count). The Balaban J connectivity index is 1.48. The number of halogens is 2. The summed E-state index contributed by atoms with van der Waals surface area (Å²) in [6.45, 7) is 18.1. The number of imidazole rings is 2. The van der Waals surface area contributed by atoms with Crippen molar-refractivity contribution in [2.24, 2.45) is 11.8 Å². The first-order valence-electron chi connectivity index (χ1n) is 15.5. The van der Waals surface area contributed by atoms with Crippen LogP contribution in [0.25, 0.3) is 33.6 Å². The van der Waals surface area contributed by atoms with Gasteiger partial charge in [0.2, 0.25) is 0 Å². The molecule has 2 aromatic heterocycles. The highest BCUT2D eigenvalue weighted by molar-refractivity contribution is 6.32. The van der Waals surface area contributed by atoms with Gasteiger partial charge in [-0.15, -0.1) is 0 Å². The zero-order valence-electron chi connectivity index (χ0n) is 27.8. The fourth-order valence-electron chi connectivity index (χ4n) is 5.13. The minimum Gasteiger partial charge on any atom is -0.444 e. The van der Waals surface area contributed by atoms with E-state index in [-0.39, 0.29) is 24.6 Å². The molecule has 45 heavy (non-hydrogen) atoms. The number of carbonyl (C=O) groups excluding carboxylic acids is 1. The van der Waals surface area contributed by atoms with E-state index in [4.69, 9.17) is 37.9 Å². The van der Waals surface area contributed by atoms with Crippen molar-refractivity contribution in [3.05, 3.63) is 70.5 Å². The summed E-state index contributed by atoms with van der Waals surface area (Å²) in [6.07, 6.45) is -0.377. The Labute approximate surface area is 277 Å². The minimum absolute atomic E-state index is 0.0552. The van der Waals surface area contributed by atoms with Crippen molar-refractivity contribution in [3.8, 4) is 33.6 Å². The molecule has 0 aliphatic rings. The van der Waals surface area contributed by atoms with Crippen LogP contribution < -0.4 is 0 Å². The van der Waals surface area contributed by atoms with E-state index >= 15 is 0 Å². The lowest BCUT2D eigenvalue weighted by Crippen LogP contribution is -2.44. The lowest BCUT2D eigenvalue weighted by atomic mass is 10.0. The zero-order chi connectivity index (χ0) is 33.1. The van der Waals surface area contributed by atoms with Crippen LogP contribution in [0.4, 0.5) is 4.79 Å². The predicted molar refractivity (Wildman–Crippen MR) is 184 cm³/mol. The first-order chi connectivity index (χ1) is 21.1. The summed E-state index contributed by atoms with van der Waals surface area (Å²) in [5, 5.41) is 0.970. The third kappa shape index (κ3) is 9.12. The summed E-state index contributed by atoms with van der Waals surface area (Å²) in [5.41, 5.74) is 4.75. The maximum Gasteiger partial charge on any atom is 0.410 e. The average molecular weight is 654 g/mol. The Morgan fingerprint density at radius 1 is 0.778 bits per heavy atom. The topological polar surface area (TPSA) is 90.1 Å². The second-order valence-electron chi connectivity index (χ2n) is 13.5. The van der Waals surface area contributed by atoms with Gasteiger partial charge < -0.3 is 14.7 Å². The van der Waals surface area contributed by atoms with E-state index < -0.39 is 5.60 Å². The summed E-state index contributed by atoms with van der Waals surface area (Å²) in [5.74, 6) is 2.26. The van der Waals surface area contributed by atoms with Gasteiger partial charge in [-0.25, -0.2) is 14.8 Å². The molecule has 2 heterocycles. The quantitative estimate of drug-likeness (QED) is 0.168. The Hall–Kier alpha value is -3.33. The van der Waals surface area contributed by atoms with Crippen LogP contribution in [0.3, 0.4) is 0 Å². The van der Waals surface area contributed by atoms with Crippen molar-refractivity contribution in [3.63, 3.8) is 0 Å². The molecule has 8 nitrogen and oxygen atoms in total. The molecule has 2 aromatic carbocycles. The lowest BCUT2D eigenvalue weighted by molar-refractivity contribution is 0.0104. The van der Waals surface area contributed by atoms with E-state index in [9.17, 15) is 4.79 Å². The monoisotopic (exact) mass is 652 g/mol. The van der Waals surface area contributed by atoms with Gasteiger partial charge in [-0.2, -0.15) is 0 Å². The Morgan fingerprint density at radius 3 is 1.60 bits per heavy atom. The maximum absolute atomic E-state index is 13.0. The van der Waals surface area contributed by atoms with Crippen LogP contribution in [0.1, 0.15) is 67.0 Å². The van der Waals surface area contributed by atoms with Crippen LogP contribution in [0, 0.1) is 11.8 Å². The summed E-state index contributed by atoms with van der Waals surface area (Å²) in [6, 6.07) is 16.3. The Bertz CT molecular complexity index is 1570. The van der Waals surface area contributed by atoms with Gasteiger partial charge in [0, 0.05) is 23.7 Å². The van der Waals surface area contributed by atoms with Gasteiger partial charge in [0.05, 0.1) is 13.1 Å². The number of nitrogens with zero attached hydrogens (tertiary/aromatic N) is 4. The molecule has 0 aliphatic carbocycles. The maximum atomic E-state index is 13.0. The summed E-state index contributed by atoms with van der Waals surface area (Å²) < 4.78 is 5.68. The van der Waals surface area contributed by atoms with Crippen molar-refractivity contribution >= 4 is 29.3 Å². The van der Waals surface area contributed by atoms with Crippen molar-refractivity contribution in [2.75, 3.05) is 13.6 Å². The SMILES string of the molecule is CC(C)CN(C)Cc1nc(-c2ccc(-c3ccc(-c4nc(CN(C(=O)OC(C)(C)C)C(C)C(C)C)[nH]c4Cl)cc3)cc2)c(Cl)[nH]1. The number of aromatic amines is 2. The number of carbonyl (C=O) groups is 1. The van der Waals surface area contributed by atoms with Gasteiger partial charge in [-0.05, 0) is 57.7 Å². The highest BCUT2D eigenvalue weighted by Crippen LogP contribution is 2.32. The molecule has 2 N–H and O–H groups in total. The van der Waals surface area contributed by atoms with Gasteiger partial charge in [0.15, 0.2) is 0 Å². The number of hydrogen-bond acceptors (Lipinski definition) is 5. The number of amides is 1. The third-order valence-corrected chi connectivity index (χ3v) is 8.12. The van der Waals surface area contributed by atoms with Gasteiger partial charge in [0.25, 0.3) is 0 Å². The highest BCUT2D eigenvalue weighted by atomic mass is 35.5. The molecule has 1 atom stereocenters. The molecule has 0 radical (unpaired) electrons. The van der Waals surface area contributed by atoms with Crippen LogP contribution in [0.5, 0.6) is 0 Å². The molecule has 0 fully saturated rings. The molecule has 0 saturated carbocycles. The van der Waals surface area contributed by atoms with E-state index in [0.717, 1.165) is 40.3 Å². The lowest BCUT2D eigenvalue weighted by Gasteiger charge is -2.33. The number of rotatable bonds is 11. The average Bonchev–Trinajstić information content (AvgIpc) is 3.50. The summed E-state index contributed by atoms with van der Waals surface area (Å²) in [4.78, 5) is 32.9. The molecule has 0 bridgehead atoms. The highest BCUT2D eigenvalue weighted by Gasteiger charge is 2.29. The fraction of sp³-hybridized carbons (Fsp3) is 0.457. The summed E-state index contributed by atoms with van der Waals surface area (Å²) >= 11 is 13.1. The normalized spacial score (nSPS) is 12.8. The van der Waals surface area contributed by atoms with Gasteiger partial charge in [-0.1, -0.05) is 99.4 Å². The summed E-state index contributed by atoms with van der Waals surface area (Å²) in [7, 11) is 2.09. The van der Waals surface area contributed by atoms with Crippen LogP contribution >= 0.6 is 23.2 Å². The van der Waals surface area contributed by atoms with Crippen LogP contribution in [-0.2, 0) is 17.8 Å².